The van der Waals surface area contributed by atoms with Crippen molar-refractivity contribution in [2.45, 2.75) is 12.0 Å². The van der Waals surface area contributed by atoms with Gasteiger partial charge in [0, 0.05) is 19.4 Å². The van der Waals surface area contributed by atoms with Crippen LogP contribution in [0.4, 0.5) is 4.39 Å². The van der Waals surface area contributed by atoms with Gasteiger partial charge in [-0.15, -0.1) is 0 Å². The van der Waals surface area contributed by atoms with Crippen LogP contribution in [0.5, 0.6) is 0 Å². The molecule has 3 aromatic rings. The van der Waals surface area contributed by atoms with Gasteiger partial charge < -0.3 is 5.73 Å². The van der Waals surface area contributed by atoms with Gasteiger partial charge in [-0.05, 0) is 35.4 Å². The summed E-state index contributed by atoms with van der Waals surface area (Å²) < 4.78 is 14.1. The number of halogens is 1. The summed E-state index contributed by atoms with van der Waals surface area (Å²) >= 11 is 0. The third-order valence-corrected chi connectivity index (χ3v) is 4.85. The number of amides is 1. The van der Waals surface area contributed by atoms with E-state index in [1.807, 2.05) is 30.3 Å². The summed E-state index contributed by atoms with van der Waals surface area (Å²) in [7, 11) is 1.61. The molecule has 0 spiro atoms. The lowest BCUT2D eigenvalue weighted by molar-refractivity contribution is -0.129. The van der Waals surface area contributed by atoms with Crippen LogP contribution < -0.4 is 5.73 Å². The molecule has 140 valence electrons. The van der Waals surface area contributed by atoms with E-state index in [0.29, 0.717) is 5.69 Å². The van der Waals surface area contributed by atoms with Crippen LogP contribution in [0.3, 0.4) is 0 Å². The molecule has 1 aliphatic heterocycles. The summed E-state index contributed by atoms with van der Waals surface area (Å²) in [5.41, 5.74) is 8.26. The van der Waals surface area contributed by atoms with Crippen LogP contribution in [0.2, 0.25) is 0 Å². The molecule has 4 rings (SSSR count). The Morgan fingerprint density at radius 1 is 1.00 bits per heavy atom. The molecule has 7 heteroatoms. The molecule has 3 heterocycles. The summed E-state index contributed by atoms with van der Waals surface area (Å²) in [5, 5.41) is 0. The van der Waals surface area contributed by atoms with Gasteiger partial charge in [0.05, 0.1) is 23.2 Å². The van der Waals surface area contributed by atoms with Crippen LogP contribution in [0, 0.1) is 5.95 Å². The van der Waals surface area contributed by atoms with E-state index in [-0.39, 0.29) is 17.4 Å². The number of hydrogen-bond acceptors (Lipinski definition) is 5. The first-order valence-electron chi connectivity index (χ1n) is 8.79. The van der Waals surface area contributed by atoms with Crippen molar-refractivity contribution in [3.8, 4) is 11.3 Å². The molecule has 1 aliphatic rings. The van der Waals surface area contributed by atoms with Gasteiger partial charge >= 0.3 is 0 Å². The number of carbonyl (C=O) groups is 1. The maximum Gasteiger partial charge on any atom is 0.239 e. The summed E-state index contributed by atoms with van der Waals surface area (Å²) in [6.45, 7) is 0. The normalized spacial score (nSPS) is 19.4. The van der Waals surface area contributed by atoms with Gasteiger partial charge in [-0.1, -0.05) is 30.3 Å². The fourth-order valence-electron chi connectivity index (χ4n) is 3.37. The van der Waals surface area contributed by atoms with Crippen LogP contribution in [-0.4, -0.2) is 33.8 Å². The van der Waals surface area contributed by atoms with Crippen LogP contribution in [0.1, 0.15) is 23.1 Å². The number of carbonyl (C=O) groups excluding carboxylic acids is 1. The Morgan fingerprint density at radius 2 is 1.79 bits per heavy atom. The number of rotatable bonds is 3. The van der Waals surface area contributed by atoms with Crippen LogP contribution in [-0.2, 0) is 4.79 Å². The van der Waals surface area contributed by atoms with Crippen molar-refractivity contribution in [2.75, 3.05) is 7.05 Å². The Hall–Kier alpha value is -3.61. The van der Waals surface area contributed by atoms with Crippen molar-refractivity contribution in [1.82, 2.24) is 14.9 Å². The quantitative estimate of drug-likeness (QED) is 0.714. The zero-order chi connectivity index (χ0) is 19.7. The molecule has 0 saturated carbocycles. The minimum absolute atomic E-state index is 0.144. The molecule has 1 amide bonds. The number of nitrogens with two attached hydrogens (primary N) is 1. The number of nitrogens with zero attached hydrogens (tertiary/aromatic N) is 4. The monoisotopic (exact) mass is 375 g/mol. The molecule has 0 bridgehead atoms. The third kappa shape index (κ3) is 3.11. The fourth-order valence-corrected chi connectivity index (χ4v) is 3.37. The zero-order valence-electron chi connectivity index (χ0n) is 15.2. The van der Waals surface area contributed by atoms with Crippen molar-refractivity contribution >= 4 is 11.9 Å². The molecular formula is C21H18FN5O. The van der Waals surface area contributed by atoms with E-state index in [1.54, 1.807) is 37.5 Å². The van der Waals surface area contributed by atoms with Crippen LogP contribution in [0.25, 0.3) is 11.3 Å². The summed E-state index contributed by atoms with van der Waals surface area (Å²) in [6.07, 6.45) is 2.96. The summed E-state index contributed by atoms with van der Waals surface area (Å²) in [4.78, 5) is 26.9. The van der Waals surface area contributed by atoms with E-state index >= 15 is 0 Å². The largest absolute Gasteiger partial charge is 0.369 e. The lowest BCUT2D eigenvalue weighted by Gasteiger charge is -2.33. The van der Waals surface area contributed by atoms with Crippen molar-refractivity contribution < 1.29 is 9.18 Å². The predicted octanol–water partition coefficient (Wildman–Crippen LogP) is 2.89. The third-order valence-electron chi connectivity index (χ3n) is 4.85. The molecule has 2 N–H and O–H groups in total. The van der Waals surface area contributed by atoms with Gasteiger partial charge in [-0.3, -0.25) is 14.7 Å². The molecule has 28 heavy (non-hydrogen) atoms. The van der Waals surface area contributed by atoms with Crippen molar-refractivity contribution in [3.63, 3.8) is 0 Å². The van der Waals surface area contributed by atoms with Crippen LogP contribution >= 0.6 is 0 Å². The number of benzene rings is 1. The standard InChI is InChI=1S/C21H18FN5O/c1-27-20(28)17(13-6-3-2-4-7-13)18(26-21(27)23)14-9-11-24-16(12-14)15-8-5-10-25-19(15)22/h2-12,17-18H,1H3,(H2,23,26)/t17-,18-/m1/s1. The SMILES string of the molecule is CN1C(=O)[C@H](c2ccccc2)[C@@H](c2ccnc(-c3cccnc3F)c2)N=C1N. The predicted molar refractivity (Wildman–Crippen MR) is 104 cm³/mol. The fraction of sp³-hybridized carbons (Fsp3) is 0.143. The number of pyridine rings is 2. The smallest absolute Gasteiger partial charge is 0.239 e. The molecule has 0 unspecified atom stereocenters. The minimum Gasteiger partial charge on any atom is -0.369 e. The Bertz CT molecular complexity index is 1050. The highest BCUT2D eigenvalue weighted by atomic mass is 19.1. The first-order valence-corrected chi connectivity index (χ1v) is 8.79. The van der Waals surface area contributed by atoms with Crippen molar-refractivity contribution in [1.29, 1.82) is 0 Å². The number of likely N-dealkylation sites (N-methyl/N-ethyl adjacent to an activating group) is 1. The van der Waals surface area contributed by atoms with Gasteiger partial charge in [0.15, 0.2) is 5.96 Å². The van der Waals surface area contributed by atoms with E-state index in [9.17, 15) is 9.18 Å². The Labute approximate surface area is 161 Å². The minimum atomic E-state index is -0.603. The van der Waals surface area contributed by atoms with Crippen molar-refractivity contribution in [3.05, 3.63) is 84.1 Å². The molecule has 2 aromatic heterocycles. The average Bonchev–Trinajstić information content (AvgIpc) is 2.73. The number of aliphatic imine (C=N–C) groups is 1. The molecule has 0 radical (unpaired) electrons. The Morgan fingerprint density at radius 3 is 2.54 bits per heavy atom. The van der Waals surface area contributed by atoms with Crippen molar-refractivity contribution in [2.24, 2.45) is 10.7 Å². The van der Waals surface area contributed by atoms with E-state index < -0.39 is 17.9 Å². The second kappa shape index (κ2) is 7.19. The first-order chi connectivity index (χ1) is 13.6. The molecule has 6 nitrogen and oxygen atoms in total. The molecule has 0 saturated heterocycles. The van der Waals surface area contributed by atoms with Gasteiger partial charge in [0.1, 0.15) is 0 Å². The highest BCUT2D eigenvalue weighted by molar-refractivity contribution is 6.01. The molecule has 1 aromatic carbocycles. The molecule has 0 fully saturated rings. The summed E-state index contributed by atoms with van der Waals surface area (Å²) in [6, 6.07) is 15.7. The number of guanidine groups is 1. The van der Waals surface area contributed by atoms with Gasteiger partial charge in [-0.2, -0.15) is 4.39 Å². The zero-order valence-corrected chi connectivity index (χ0v) is 15.2. The highest BCUT2D eigenvalue weighted by Gasteiger charge is 2.38. The van der Waals surface area contributed by atoms with Gasteiger partial charge in [0.2, 0.25) is 11.9 Å². The van der Waals surface area contributed by atoms with E-state index in [0.717, 1.165) is 11.1 Å². The Kier molecular flexibility index (Phi) is 4.57. The lowest BCUT2D eigenvalue weighted by Crippen LogP contribution is -2.46. The molecule has 0 aliphatic carbocycles. The number of aromatic nitrogens is 2. The second-order valence-corrected chi connectivity index (χ2v) is 6.53. The average molecular weight is 375 g/mol. The second-order valence-electron chi connectivity index (χ2n) is 6.53. The van der Waals surface area contributed by atoms with E-state index in [4.69, 9.17) is 5.73 Å². The first kappa shape index (κ1) is 17.8. The molecule has 2 atom stereocenters. The van der Waals surface area contributed by atoms with Gasteiger partial charge in [-0.25, -0.2) is 9.98 Å². The van der Waals surface area contributed by atoms with Gasteiger partial charge in [0.25, 0.3) is 0 Å². The lowest BCUT2D eigenvalue weighted by atomic mass is 9.85. The maximum atomic E-state index is 14.1. The topological polar surface area (TPSA) is 84.5 Å². The number of hydrogen-bond donors (Lipinski definition) is 1. The Balaban J connectivity index is 1.83. The summed E-state index contributed by atoms with van der Waals surface area (Å²) in [5.74, 6) is -1.13. The highest BCUT2D eigenvalue weighted by Crippen LogP contribution is 2.39. The van der Waals surface area contributed by atoms with E-state index in [1.165, 1.54) is 11.1 Å². The maximum absolute atomic E-state index is 14.1. The van der Waals surface area contributed by atoms with Crippen LogP contribution in [0.15, 0.2) is 72.0 Å². The molecular weight excluding hydrogens is 357 g/mol. The van der Waals surface area contributed by atoms with E-state index in [2.05, 4.69) is 15.0 Å².